The second-order valence-electron chi connectivity index (χ2n) is 15.7. The Labute approximate surface area is 314 Å². The Morgan fingerprint density at radius 2 is 1.31 bits per heavy atom. The van der Waals surface area contributed by atoms with E-state index in [1.165, 1.54) is 11.1 Å². The van der Waals surface area contributed by atoms with E-state index < -0.39 is 0 Å². The van der Waals surface area contributed by atoms with E-state index >= 15 is 0 Å². The maximum Gasteiger partial charge on any atom is 0.262 e. The van der Waals surface area contributed by atoms with Crippen LogP contribution in [0, 0.1) is 10.8 Å². The number of halogens is 1. The number of fused-ring (bicyclic) bond motifs is 6. The minimum Gasteiger partial charge on any atom is -0.501 e. The van der Waals surface area contributed by atoms with Crippen molar-refractivity contribution in [2.45, 2.75) is 59.5 Å². The lowest BCUT2D eigenvalue weighted by Crippen LogP contribution is -2.55. The molecular formula is C38H49BrN8O5. The lowest BCUT2D eigenvalue weighted by atomic mass is 9.76. The van der Waals surface area contributed by atoms with Gasteiger partial charge in [0, 0.05) is 30.7 Å². The number of amides is 2. The Hall–Kier alpha value is -4.14. The first-order chi connectivity index (χ1) is 24.8. The van der Waals surface area contributed by atoms with Crippen molar-refractivity contribution in [2.24, 2.45) is 21.0 Å². The number of nitrogens with zero attached hydrogens (tertiary/aromatic N) is 6. The van der Waals surface area contributed by atoms with Gasteiger partial charge in [0.15, 0.2) is 11.7 Å². The molecule has 0 spiro atoms. The minimum absolute atomic E-state index is 0.0938. The highest BCUT2D eigenvalue weighted by molar-refractivity contribution is 9.10. The molecule has 8 rings (SSSR count). The third-order valence-corrected chi connectivity index (χ3v) is 11.4. The number of ether oxygens (including phenoxy) is 3. The molecule has 13 nitrogen and oxygen atoms in total. The topological polar surface area (TPSA) is 124 Å². The highest BCUT2D eigenvalue weighted by atomic mass is 79.9. The maximum absolute atomic E-state index is 12.2. The number of carbonyl (C=O) groups excluding carboxylic acids is 2. The van der Waals surface area contributed by atoms with Crippen molar-refractivity contribution in [1.29, 1.82) is 0 Å². The second kappa shape index (κ2) is 14.0. The third-order valence-electron chi connectivity index (χ3n) is 10.6. The fourth-order valence-corrected chi connectivity index (χ4v) is 9.00. The van der Waals surface area contributed by atoms with E-state index in [1.54, 1.807) is 6.26 Å². The molecule has 0 saturated carbocycles. The van der Waals surface area contributed by atoms with Crippen LogP contribution in [0.2, 0.25) is 0 Å². The zero-order valence-corrected chi connectivity index (χ0v) is 32.7. The van der Waals surface area contributed by atoms with Gasteiger partial charge in [0.2, 0.25) is 0 Å². The van der Waals surface area contributed by atoms with E-state index in [0.29, 0.717) is 25.2 Å². The van der Waals surface area contributed by atoms with E-state index in [0.717, 1.165) is 83.6 Å². The van der Waals surface area contributed by atoms with Gasteiger partial charge in [-0.15, -0.1) is 0 Å². The summed E-state index contributed by atoms with van der Waals surface area (Å²) in [6.07, 6.45) is 5.70. The summed E-state index contributed by atoms with van der Waals surface area (Å²) >= 11 is 3.69. The van der Waals surface area contributed by atoms with Crippen molar-refractivity contribution < 1.29 is 23.8 Å². The molecule has 2 saturated heterocycles. The number of hydrogen-bond acceptors (Lipinski definition) is 11. The van der Waals surface area contributed by atoms with Gasteiger partial charge in [0.05, 0.1) is 24.2 Å². The number of carbonyl (C=O) groups is 2. The number of amidine groups is 2. The van der Waals surface area contributed by atoms with E-state index in [4.69, 9.17) is 14.2 Å². The van der Waals surface area contributed by atoms with Crippen molar-refractivity contribution in [2.75, 3.05) is 69.9 Å². The molecule has 2 aromatic carbocycles. The Balaban J connectivity index is 0.000000164. The number of hydrogen-bond donors (Lipinski definition) is 2. The first-order valence-electron chi connectivity index (χ1n) is 18.0. The predicted octanol–water partition coefficient (Wildman–Crippen LogP) is 4.19. The van der Waals surface area contributed by atoms with Gasteiger partial charge in [-0.3, -0.25) is 9.59 Å². The van der Waals surface area contributed by atoms with Gasteiger partial charge < -0.3 is 33.8 Å². The zero-order chi connectivity index (χ0) is 36.9. The van der Waals surface area contributed by atoms with Crippen LogP contribution in [0.4, 0.5) is 11.4 Å². The molecule has 2 aromatic rings. The van der Waals surface area contributed by atoms with Gasteiger partial charge >= 0.3 is 0 Å². The quantitative estimate of drug-likeness (QED) is 0.399. The molecule has 2 fully saturated rings. The Kier molecular flexibility index (Phi) is 9.76. The molecule has 2 N–H and O–H groups in total. The Bertz CT molecular complexity index is 1850. The summed E-state index contributed by atoms with van der Waals surface area (Å²) in [4.78, 5) is 32.8. The van der Waals surface area contributed by atoms with Gasteiger partial charge in [0.1, 0.15) is 36.8 Å². The lowest BCUT2D eigenvalue weighted by molar-refractivity contribution is -0.123. The van der Waals surface area contributed by atoms with Crippen LogP contribution in [0.15, 0.2) is 45.2 Å². The van der Waals surface area contributed by atoms with Gasteiger partial charge in [-0.25, -0.2) is 10.9 Å². The average molecular weight is 778 g/mol. The van der Waals surface area contributed by atoms with Gasteiger partial charge in [0.25, 0.3) is 11.8 Å². The van der Waals surface area contributed by atoms with Crippen LogP contribution in [-0.2, 0) is 27.2 Å². The minimum atomic E-state index is -0.321. The number of rotatable bonds is 7. The van der Waals surface area contributed by atoms with Crippen LogP contribution in [0.5, 0.6) is 11.5 Å². The average Bonchev–Trinajstić information content (AvgIpc) is 3.07. The fourth-order valence-electron chi connectivity index (χ4n) is 8.54. The van der Waals surface area contributed by atoms with Crippen molar-refractivity contribution >= 4 is 56.9 Å². The van der Waals surface area contributed by atoms with Crippen LogP contribution >= 0.6 is 15.9 Å². The number of likely N-dealkylation sites (tertiary alicyclic amines) is 2. The van der Waals surface area contributed by atoms with E-state index in [9.17, 15) is 9.59 Å². The summed E-state index contributed by atoms with van der Waals surface area (Å²) in [6.45, 7) is 16.1. The molecule has 0 aromatic heterocycles. The smallest absolute Gasteiger partial charge is 0.262 e. The molecule has 0 bridgehead atoms. The van der Waals surface area contributed by atoms with Crippen molar-refractivity contribution in [3.8, 4) is 11.5 Å². The predicted molar refractivity (Wildman–Crippen MR) is 206 cm³/mol. The van der Waals surface area contributed by atoms with Gasteiger partial charge in [-0.05, 0) is 106 Å². The summed E-state index contributed by atoms with van der Waals surface area (Å²) in [5.74, 6) is 2.85. The molecule has 2 amide bonds. The monoisotopic (exact) mass is 776 g/mol. The fraction of sp³-hybridized carbons (Fsp3) is 0.526. The van der Waals surface area contributed by atoms with Crippen LogP contribution in [0.3, 0.4) is 0 Å². The van der Waals surface area contributed by atoms with Crippen LogP contribution in [-0.4, -0.2) is 105 Å². The largest absolute Gasteiger partial charge is 0.501 e. The lowest BCUT2D eigenvalue weighted by Gasteiger charge is -2.47. The zero-order valence-electron chi connectivity index (χ0n) is 31.1. The summed E-state index contributed by atoms with van der Waals surface area (Å²) in [5.41, 5.74) is 11.1. The molecule has 278 valence electrons. The maximum atomic E-state index is 12.2. The highest BCUT2D eigenvalue weighted by Gasteiger charge is 2.41. The summed E-state index contributed by atoms with van der Waals surface area (Å²) in [5, 5.41) is 8.33. The molecule has 6 heterocycles. The standard InChI is InChI=1S/C21H28N4O3.C17H21BrN4O2/c1-5-27-7-6-15-9-18-17(8-16(15)10-21(3)12-24(4)13-21)25-14(2)20(26)23-22-19(25)11-28-18;1-10-16(23)20-19-15-7-24-14-5-12(18)11(4-13(14)22(10)15)6-17(2)8-21(3)9-17/h6-9,14H,5,10-13H2,1-4H3,(H,23,26);4-5,10H,6-9H2,1-3H3,(H,20,23)/b7-6+;/t14-;10-/m11/s1. The molecule has 14 heteroatoms. The Morgan fingerprint density at radius 3 is 1.81 bits per heavy atom. The molecular weight excluding hydrogens is 728 g/mol. The van der Waals surface area contributed by atoms with Crippen LogP contribution < -0.4 is 30.1 Å². The number of nitrogens with one attached hydrogen (secondary N) is 2. The SMILES string of the molecule is CCO/C=C/c1cc2c(cc1CC1(C)CN(C)C1)N1C(=NNC(=O)[C@H]1C)CO2.C[C@@H]1C(=O)NN=C2COc3cc(Br)c(CC4(C)CN(C)C4)cc3N21. The van der Waals surface area contributed by atoms with E-state index in [2.05, 4.69) is 92.9 Å². The van der Waals surface area contributed by atoms with Gasteiger partial charge in [-0.1, -0.05) is 29.8 Å². The third kappa shape index (κ3) is 7.00. The summed E-state index contributed by atoms with van der Waals surface area (Å²) < 4.78 is 18.3. The van der Waals surface area contributed by atoms with E-state index in [-0.39, 0.29) is 29.3 Å². The van der Waals surface area contributed by atoms with Gasteiger partial charge in [-0.2, -0.15) is 10.2 Å². The van der Waals surface area contributed by atoms with Crippen molar-refractivity contribution in [3.05, 3.63) is 51.7 Å². The first kappa shape index (κ1) is 36.2. The number of hydrazone groups is 2. The van der Waals surface area contributed by atoms with E-state index in [1.807, 2.05) is 42.7 Å². The van der Waals surface area contributed by atoms with Crippen molar-refractivity contribution in [3.63, 3.8) is 0 Å². The normalized spacial score (nSPS) is 24.1. The molecule has 0 radical (unpaired) electrons. The Morgan fingerprint density at radius 1 is 0.827 bits per heavy atom. The summed E-state index contributed by atoms with van der Waals surface area (Å²) in [6, 6.07) is 7.77. The number of anilines is 2. The second-order valence-corrected chi connectivity index (χ2v) is 16.5. The summed E-state index contributed by atoms with van der Waals surface area (Å²) in [7, 11) is 4.30. The highest BCUT2D eigenvalue weighted by Crippen LogP contribution is 2.43. The molecule has 52 heavy (non-hydrogen) atoms. The molecule has 6 aliphatic rings. The molecule has 6 aliphatic heterocycles. The number of benzene rings is 2. The molecule has 0 aliphatic carbocycles. The first-order valence-corrected chi connectivity index (χ1v) is 18.8. The molecule has 2 atom stereocenters. The van der Waals surface area contributed by atoms with Crippen molar-refractivity contribution in [1.82, 2.24) is 20.7 Å². The van der Waals surface area contributed by atoms with Crippen LogP contribution in [0.25, 0.3) is 6.08 Å². The van der Waals surface area contributed by atoms with Crippen LogP contribution in [0.1, 0.15) is 51.3 Å². The molecule has 0 unspecified atom stereocenters.